The smallest absolute Gasteiger partial charge is 0.226 e. The van der Waals surface area contributed by atoms with Crippen LogP contribution in [0.5, 0.6) is 0 Å². The molecule has 1 saturated heterocycles. The lowest BCUT2D eigenvalue weighted by atomic mass is 10.0. The summed E-state index contributed by atoms with van der Waals surface area (Å²) in [5.74, 6) is 3.86. The lowest BCUT2D eigenvalue weighted by Crippen LogP contribution is -2.41. The normalized spacial score (nSPS) is 22.5. The number of rotatable bonds is 10. The second-order valence-corrected chi connectivity index (χ2v) is 14.9. The summed E-state index contributed by atoms with van der Waals surface area (Å²) in [5, 5.41) is 0. The van der Waals surface area contributed by atoms with E-state index in [-0.39, 0.29) is 6.61 Å². The molecule has 0 N–H and O–H groups in total. The molecule has 0 aromatic heterocycles. The number of hydrogen-bond donors (Lipinski definition) is 0. The molecule has 36 heavy (non-hydrogen) atoms. The van der Waals surface area contributed by atoms with Gasteiger partial charge in [-0.1, -0.05) is 87.4 Å². The van der Waals surface area contributed by atoms with Crippen LogP contribution in [0.2, 0.25) is 18.1 Å². The number of fused-ring (bicyclic) bond motifs is 1. The topological polar surface area (TPSA) is 46.2 Å². The van der Waals surface area contributed by atoms with Crippen LogP contribution in [0, 0.1) is 11.5 Å². The zero-order chi connectivity index (χ0) is 25.7. The Morgan fingerprint density at radius 3 is 2.00 bits per heavy atom. The van der Waals surface area contributed by atoms with Crippen LogP contribution in [0.25, 0.3) is 0 Å². The second-order valence-electron chi connectivity index (χ2n) is 9.93. The van der Waals surface area contributed by atoms with Crippen LogP contribution in [-0.2, 0) is 36.9 Å². The molecule has 2 aliphatic rings. The summed E-state index contributed by atoms with van der Waals surface area (Å²) >= 11 is 0. The van der Waals surface area contributed by atoms with Crippen LogP contribution in [0.15, 0.2) is 72.2 Å². The molecule has 0 saturated carbocycles. The first-order chi connectivity index (χ1) is 17.3. The molecular formula is C30H38O5Si. The van der Waals surface area contributed by atoms with E-state index < -0.39 is 25.8 Å². The Bertz CT molecular complexity index is 1090. The minimum atomic E-state index is -1.77. The summed E-state index contributed by atoms with van der Waals surface area (Å²) < 4.78 is 31.5. The van der Waals surface area contributed by atoms with E-state index in [9.17, 15) is 0 Å². The van der Waals surface area contributed by atoms with Crippen molar-refractivity contribution < 1.29 is 23.7 Å². The summed E-state index contributed by atoms with van der Waals surface area (Å²) in [7, 11) is -1.77. The third kappa shape index (κ3) is 5.87. The molecule has 2 aliphatic heterocycles. The molecule has 2 aromatic carbocycles. The predicted molar refractivity (Wildman–Crippen MR) is 143 cm³/mol. The maximum absolute atomic E-state index is 6.55. The van der Waals surface area contributed by atoms with Crippen LogP contribution in [0.1, 0.15) is 45.7 Å². The van der Waals surface area contributed by atoms with E-state index in [4.69, 9.17) is 23.7 Å². The minimum Gasteiger partial charge on any atom is -0.485 e. The highest BCUT2D eigenvalue weighted by Crippen LogP contribution is 2.46. The van der Waals surface area contributed by atoms with Crippen molar-refractivity contribution in [3.63, 3.8) is 0 Å². The fourth-order valence-corrected chi connectivity index (χ4v) is 7.09. The van der Waals surface area contributed by atoms with E-state index >= 15 is 0 Å². The molecule has 2 atom stereocenters. The van der Waals surface area contributed by atoms with Gasteiger partial charge in [0.05, 0.1) is 13.2 Å². The summed E-state index contributed by atoms with van der Waals surface area (Å²) in [6.45, 7) is 11.5. The largest absolute Gasteiger partial charge is 0.485 e. The monoisotopic (exact) mass is 506 g/mol. The fraction of sp³-hybridized carbons (Fsp3) is 0.467. The molecule has 0 unspecified atom stereocenters. The molecular weight excluding hydrogens is 468 g/mol. The Balaban J connectivity index is 1.70. The van der Waals surface area contributed by atoms with Gasteiger partial charge in [-0.2, -0.15) is 0 Å². The molecule has 0 spiro atoms. The Morgan fingerprint density at radius 1 is 0.833 bits per heavy atom. The average Bonchev–Trinajstić information content (AvgIpc) is 3.33. The van der Waals surface area contributed by atoms with Crippen molar-refractivity contribution in [2.45, 2.75) is 83.6 Å². The SMILES string of the molecule is CC[Si](C#C[C@]1(COCc2ccccc2)O[C@@H]2OC(C)(C)OC2=C1OCc1ccccc1)(CC)CC. The van der Waals surface area contributed by atoms with Crippen molar-refractivity contribution >= 4 is 8.07 Å². The van der Waals surface area contributed by atoms with Crippen LogP contribution < -0.4 is 0 Å². The summed E-state index contributed by atoms with van der Waals surface area (Å²) in [4.78, 5) is 0. The van der Waals surface area contributed by atoms with Crippen LogP contribution in [0.3, 0.4) is 0 Å². The molecule has 2 heterocycles. The van der Waals surface area contributed by atoms with Crippen LogP contribution >= 0.6 is 0 Å². The highest BCUT2D eigenvalue weighted by molar-refractivity contribution is 6.87. The van der Waals surface area contributed by atoms with Gasteiger partial charge in [0.25, 0.3) is 0 Å². The van der Waals surface area contributed by atoms with Gasteiger partial charge < -0.3 is 23.7 Å². The van der Waals surface area contributed by atoms with Gasteiger partial charge in [-0.3, -0.25) is 0 Å². The van der Waals surface area contributed by atoms with E-state index in [2.05, 4.69) is 32.2 Å². The van der Waals surface area contributed by atoms with Gasteiger partial charge in [0.15, 0.2) is 11.5 Å². The number of hydrogen-bond acceptors (Lipinski definition) is 5. The quantitative estimate of drug-likeness (QED) is 0.270. The maximum atomic E-state index is 6.55. The number of ether oxygens (including phenoxy) is 5. The molecule has 2 aromatic rings. The molecule has 4 rings (SSSR count). The maximum Gasteiger partial charge on any atom is 0.226 e. The molecule has 0 radical (unpaired) electrons. The van der Waals surface area contributed by atoms with E-state index in [0.717, 1.165) is 29.3 Å². The van der Waals surface area contributed by atoms with Crippen molar-refractivity contribution in [2.24, 2.45) is 0 Å². The zero-order valence-corrected chi connectivity index (χ0v) is 23.1. The highest BCUT2D eigenvalue weighted by Gasteiger charge is 2.56. The van der Waals surface area contributed by atoms with Crippen molar-refractivity contribution in [1.29, 1.82) is 0 Å². The third-order valence-electron chi connectivity index (χ3n) is 7.06. The van der Waals surface area contributed by atoms with Crippen molar-refractivity contribution in [2.75, 3.05) is 6.61 Å². The Kier molecular flexibility index (Phi) is 8.26. The van der Waals surface area contributed by atoms with Gasteiger partial charge in [-0.15, -0.1) is 5.54 Å². The molecule has 0 amide bonds. The van der Waals surface area contributed by atoms with Gasteiger partial charge >= 0.3 is 0 Å². The van der Waals surface area contributed by atoms with Crippen LogP contribution in [-0.4, -0.2) is 32.4 Å². The fourth-order valence-electron chi connectivity index (χ4n) is 4.59. The first kappa shape index (κ1) is 26.5. The summed E-state index contributed by atoms with van der Waals surface area (Å²) in [6.07, 6.45) is -0.679. The number of benzene rings is 2. The van der Waals surface area contributed by atoms with E-state index in [1.807, 2.05) is 74.5 Å². The average molecular weight is 507 g/mol. The lowest BCUT2D eigenvalue weighted by molar-refractivity contribution is -0.221. The minimum absolute atomic E-state index is 0.216. The Morgan fingerprint density at radius 2 is 1.42 bits per heavy atom. The molecule has 0 bridgehead atoms. The first-order valence-corrected chi connectivity index (χ1v) is 15.6. The van der Waals surface area contributed by atoms with Crippen LogP contribution in [0.4, 0.5) is 0 Å². The molecule has 6 heteroatoms. The van der Waals surface area contributed by atoms with E-state index in [0.29, 0.717) is 24.7 Å². The van der Waals surface area contributed by atoms with Gasteiger partial charge in [-0.05, 0) is 29.3 Å². The highest BCUT2D eigenvalue weighted by atomic mass is 28.3. The van der Waals surface area contributed by atoms with Gasteiger partial charge in [0.2, 0.25) is 17.7 Å². The van der Waals surface area contributed by atoms with Gasteiger partial charge in [0, 0.05) is 13.8 Å². The third-order valence-corrected chi connectivity index (χ3v) is 11.8. The Hall–Kier alpha value is -2.56. The summed E-state index contributed by atoms with van der Waals surface area (Å²) in [6, 6.07) is 23.5. The van der Waals surface area contributed by atoms with E-state index in [1.54, 1.807) is 0 Å². The van der Waals surface area contributed by atoms with Crippen molar-refractivity contribution in [3.8, 4) is 11.5 Å². The lowest BCUT2D eigenvalue weighted by Gasteiger charge is -2.30. The van der Waals surface area contributed by atoms with Gasteiger partial charge in [-0.25, -0.2) is 0 Å². The predicted octanol–water partition coefficient (Wildman–Crippen LogP) is 6.56. The zero-order valence-electron chi connectivity index (χ0n) is 22.1. The standard InChI is InChI=1S/C30H38O5Si/c1-6-36(7-2,8-3)20-19-30(23-31-21-24-15-11-9-12-16-24)27(32-22-25-17-13-10-14-18-25)26-28(35-30)34-29(4,5)33-26/h9-18,28H,6-8,21-23H2,1-5H3/t28-,30+/m0/s1. The van der Waals surface area contributed by atoms with Gasteiger partial charge in [0.1, 0.15) is 14.7 Å². The first-order valence-electron chi connectivity index (χ1n) is 13.0. The van der Waals surface area contributed by atoms with E-state index in [1.165, 1.54) is 0 Å². The molecule has 5 nitrogen and oxygen atoms in total. The molecule has 192 valence electrons. The summed E-state index contributed by atoms with van der Waals surface area (Å²) in [5.41, 5.74) is 4.75. The van der Waals surface area contributed by atoms with Crippen molar-refractivity contribution in [1.82, 2.24) is 0 Å². The molecule has 1 fully saturated rings. The Labute approximate surface area is 216 Å². The molecule has 0 aliphatic carbocycles. The second kappa shape index (κ2) is 11.2. The van der Waals surface area contributed by atoms with Crippen molar-refractivity contribution in [3.05, 3.63) is 83.3 Å².